The van der Waals surface area contributed by atoms with Crippen LogP contribution in [-0.4, -0.2) is 5.38 Å². The van der Waals surface area contributed by atoms with Crippen molar-refractivity contribution in [3.05, 3.63) is 0 Å². The van der Waals surface area contributed by atoms with Gasteiger partial charge in [0.1, 0.15) is 0 Å². The van der Waals surface area contributed by atoms with E-state index in [1.165, 1.54) is 32.1 Å². The quantitative estimate of drug-likeness (QED) is 0.537. The summed E-state index contributed by atoms with van der Waals surface area (Å²) in [6.07, 6.45) is 6.70. The molecule has 0 amide bonds. The van der Waals surface area contributed by atoms with Gasteiger partial charge in [0.15, 0.2) is 0 Å². The van der Waals surface area contributed by atoms with Crippen LogP contribution in [0.5, 0.6) is 0 Å². The van der Waals surface area contributed by atoms with E-state index in [0.717, 1.165) is 5.92 Å². The van der Waals surface area contributed by atoms with Gasteiger partial charge in [-0.2, -0.15) is 0 Å². The lowest BCUT2D eigenvalue weighted by molar-refractivity contribution is 0.297. The summed E-state index contributed by atoms with van der Waals surface area (Å²) in [6, 6.07) is 0. The molecule has 2 unspecified atom stereocenters. The highest BCUT2D eigenvalue weighted by molar-refractivity contribution is 6.21. The number of alkyl halides is 1. The van der Waals surface area contributed by atoms with Crippen molar-refractivity contribution < 1.29 is 0 Å². The highest BCUT2D eigenvalue weighted by atomic mass is 35.5. The first-order valence-electron chi connectivity index (χ1n) is 3.98. The molecule has 0 radical (unpaired) electrons. The molecule has 1 saturated carbocycles. The molecule has 0 aromatic carbocycles. The van der Waals surface area contributed by atoms with Crippen molar-refractivity contribution in [1.82, 2.24) is 0 Å². The Kier molecular flexibility index (Phi) is 2.84. The molecular formula is C8H15Cl. The van der Waals surface area contributed by atoms with Gasteiger partial charge < -0.3 is 0 Å². The number of unbranched alkanes of at least 4 members (excludes halogenated alkanes) is 1. The van der Waals surface area contributed by atoms with Crippen LogP contribution in [0.25, 0.3) is 0 Å². The fourth-order valence-corrected chi connectivity index (χ4v) is 1.70. The Labute approximate surface area is 62.6 Å². The maximum Gasteiger partial charge on any atom is 0.0364 e. The van der Waals surface area contributed by atoms with Crippen LogP contribution in [0.1, 0.15) is 39.0 Å². The predicted molar refractivity (Wildman–Crippen MR) is 41.9 cm³/mol. The summed E-state index contributed by atoms with van der Waals surface area (Å²) in [7, 11) is 0. The van der Waals surface area contributed by atoms with Gasteiger partial charge in [-0.25, -0.2) is 0 Å². The molecule has 0 aromatic heterocycles. The molecule has 0 N–H and O–H groups in total. The maximum atomic E-state index is 5.95. The van der Waals surface area contributed by atoms with Gasteiger partial charge in [-0.1, -0.05) is 19.8 Å². The van der Waals surface area contributed by atoms with E-state index < -0.39 is 0 Å². The predicted octanol–water partition coefficient (Wildman–Crippen LogP) is 3.19. The Morgan fingerprint density at radius 2 is 2.22 bits per heavy atom. The van der Waals surface area contributed by atoms with Crippen molar-refractivity contribution in [2.45, 2.75) is 44.4 Å². The number of hydrogen-bond donors (Lipinski definition) is 0. The van der Waals surface area contributed by atoms with Gasteiger partial charge in [0, 0.05) is 5.38 Å². The Morgan fingerprint density at radius 1 is 1.44 bits per heavy atom. The average Bonchev–Trinajstić information content (AvgIpc) is 1.86. The van der Waals surface area contributed by atoms with Gasteiger partial charge in [0.05, 0.1) is 0 Å². The Hall–Kier alpha value is 0.290. The molecular weight excluding hydrogens is 132 g/mol. The van der Waals surface area contributed by atoms with Crippen LogP contribution in [0.2, 0.25) is 0 Å². The second-order valence-corrected chi connectivity index (χ2v) is 3.56. The van der Waals surface area contributed by atoms with E-state index >= 15 is 0 Å². The fourth-order valence-electron chi connectivity index (χ4n) is 1.32. The van der Waals surface area contributed by atoms with E-state index in [1.807, 2.05) is 0 Å². The first kappa shape index (κ1) is 7.40. The highest BCUT2D eigenvalue weighted by Gasteiger charge is 2.27. The van der Waals surface area contributed by atoms with Crippen molar-refractivity contribution in [2.75, 3.05) is 0 Å². The Bertz CT molecular complexity index is 80.6. The van der Waals surface area contributed by atoms with Gasteiger partial charge in [-0.3, -0.25) is 0 Å². The lowest BCUT2D eigenvalue weighted by Gasteiger charge is -2.31. The standard InChI is InChI=1S/C8H15Cl/c1-2-3-4-7-5-6-8(7)9/h7-8H,2-6H2,1H3. The van der Waals surface area contributed by atoms with E-state index in [9.17, 15) is 0 Å². The monoisotopic (exact) mass is 146 g/mol. The minimum absolute atomic E-state index is 0.525. The molecule has 1 fully saturated rings. The summed E-state index contributed by atoms with van der Waals surface area (Å²) >= 11 is 5.95. The molecule has 2 atom stereocenters. The third kappa shape index (κ3) is 1.86. The van der Waals surface area contributed by atoms with Crippen LogP contribution in [0, 0.1) is 5.92 Å². The van der Waals surface area contributed by atoms with Gasteiger partial charge in [0.25, 0.3) is 0 Å². The summed E-state index contributed by atoms with van der Waals surface area (Å²) in [6.45, 7) is 2.24. The third-order valence-electron chi connectivity index (χ3n) is 2.25. The first-order valence-corrected chi connectivity index (χ1v) is 4.42. The van der Waals surface area contributed by atoms with Crippen LogP contribution in [0.4, 0.5) is 0 Å². The molecule has 54 valence electrons. The van der Waals surface area contributed by atoms with Gasteiger partial charge >= 0.3 is 0 Å². The van der Waals surface area contributed by atoms with Crippen molar-refractivity contribution >= 4 is 11.6 Å². The smallest absolute Gasteiger partial charge is 0.0364 e. The number of rotatable bonds is 3. The van der Waals surface area contributed by atoms with Crippen LogP contribution in [-0.2, 0) is 0 Å². The maximum absolute atomic E-state index is 5.95. The van der Waals surface area contributed by atoms with Crippen LogP contribution in [0.15, 0.2) is 0 Å². The van der Waals surface area contributed by atoms with E-state index in [-0.39, 0.29) is 0 Å². The van der Waals surface area contributed by atoms with Crippen LogP contribution < -0.4 is 0 Å². The summed E-state index contributed by atoms with van der Waals surface area (Å²) in [4.78, 5) is 0. The molecule has 0 aromatic rings. The van der Waals surface area contributed by atoms with E-state index in [2.05, 4.69) is 6.92 Å². The van der Waals surface area contributed by atoms with E-state index in [1.54, 1.807) is 0 Å². The topological polar surface area (TPSA) is 0 Å². The normalized spacial score (nSPS) is 34.0. The molecule has 1 aliphatic rings. The number of halogens is 1. The average molecular weight is 147 g/mol. The zero-order valence-electron chi connectivity index (χ0n) is 6.07. The lowest BCUT2D eigenvalue weighted by Crippen LogP contribution is -2.25. The van der Waals surface area contributed by atoms with Crippen molar-refractivity contribution in [2.24, 2.45) is 5.92 Å². The molecule has 1 rings (SSSR count). The second-order valence-electron chi connectivity index (χ2n) is 3.00. The molecule has 9 heavy (non-hydrogen) atoms. The molecule has 0 spiro atoms. The summed E-state index contributed by atoms with van der Waals surface area (Å²) in [5.41, 5.74) is 0. The zero-order chi connectivity index (χ0) is 6.69. The summed E-state index contributed by atoms with van der Waals surface area (Å²) in [5, 5.41) is 0.525. The molecule has 0 heterocycles. The molecule has 0 bridgehead atoms. The first-order chi connectivity index (χ1) is 4.34. The molecule has 0 aliphatic heterocycles. The van der Waals surface area contributed by atoms with Crippen molar-refractivity contribution in [3.63, 3.8) is 0 Å². The van der Waals surface area contributed by atoms with Gasteiger partial charge in [0.2, 0.25) is 0 Å². The van der Waals surface area contributed by atoms with Crippen LogP contribution in [0.3, 0.4) is 0 Å². The molecule has 0 saturated heterocycles. The summed E-state index contributed by atoms with van der Waals surface area (Å²) in [5.74, 6) is 0.867. The minimum Gasteiger partial charge on any atom is -0.123 e. The summed E-state index contributed by atoms with van der Waals surface area (Å²) < 4.78 is 0. The number of hydrogen-bond acceptors (Lipinski definition) is 0. The lowest BCUT2D eigenvalue weighted by atomic mass is 9.81. The molecule has 1 heteroatoms. The minimum atomic E-state index is 0.525. The van der Waals surface area contributed by atoms with Crippen molar-refractivity contribution in [3.8, 4) is 0 Å². The zero-order valence-corrected chi connectivity index (χ0v) is 6.82. The Morgan fingerprint density at radius 3 is 2.56 bits per heavy atom. The third-order valence-corrected chi connectivity index (χ3v) is 2.83. The largest absolute Gasteiger partial charge is 0.123 e. The SMILES string of the molecule is CCCCC1CCC1Cl. The highest BCUT2D eigenvalue weighted by Crippen LogP contribution is 2.35. The van der Waals surface area contributed by atoms with E-state index in [0.29, 0.717) is 5.38 Å². The van der Waals surface area contributed by atoms with Gasteiger partial charge in [-0.05, 0) is 25.2 Å². The fraction of sp³-hybridized carbons (Fsp3) is 1.00. The Balaban J connectivity index is 1.99. The second kappa shape index (κ2) is 3.46. The molecule has 1 aliphatic carbocycles. The van der Waals surface area contributed by atoms with E-state index in [4.69, 9.17) is 11.6 Å². The van der Waals surface area contributed by atoms with Crippen molar-refractivity contribution in [1.29, 1.82) is 0 Å². The van der Waals surface area contributed by atoms with Gasteiger partial charge in [-0.15, -0.1) is 11.6 Å². The van der Waals surface area contributed by atoms with Crippen LogP contribution >= 0.6 is 11.6 Å². The molecule has 0 nitrogen and oxygen atoms in total.